The van der Waals surface area contributed by atoms with Crippen LogP contribution in [0.25, 0.3) is 10.6 Å². The van der Waals surface area contributed by atoms with Crippen LogP contribution in [0, 0.1) is 6.92 Å². The maximum absolute atomic E-state index is 12.1. The second kappa shape index (κ2) is 8.30. The monoisotopic (exact) mass is 426 g/mol. The number of sulfonamides is 1. The third-order valence-corrected chi connectivity index (χ3v) is 6.64. The van der Waals surface area contributed by atoms with E-state index in [9.17, 15) is 13.2 Å². The molecular formula is C16H18N4O4S3. The number of nitrogens with zero attached hydrogens (tertiary/aromatic N) is 3. The second-order valence-electron chi connectivity index (χ2n) is 5.70. The van der Waals surface area contributed by atoms with Gasteiger partial charge in [0.15, 0.2) is 5.03 Å². The summed E-state index contributed by atoms with van der Waals surface area (Å²) in [5, 5.41) is 6.62. The van der Waals surface area contributed by atoms with Gasteiger partial charge in [-0.2, -0.15) is 11.3 Å². The molecule has 0 amide bonds. The first-order chi connectivity index (χ1) is 12.8. The summed E-state index contributed by atoms with van der Waals surface area (Å²) < 4.78 is 33.4. The van der Waals surface area contributed by atoms with E-state index in [0.29, 0.717) is 11.5 Å². The fraction of sp³-hybridized carbons (Fsp3) is 0.312. The van der Waals surface area contributed by atoms with Crippen LogP contribution in [-0.2, 0) is 33.2 Å². The highest BCUT2D eigenvalue weighted by Gasteiger charge is 2.18. The fourth-order valence-electron chi connectivity index (χ4n) is 2.14. The van der Waals surface area contributed by atoms with Gasteiger partial charge in [-0.1, -0.05) is 0 Å². The molecule has 0 aliphatic carbocycles. The van der Waals surface area contributed by atoms with Crippen LogP contribution >= 0.6 is 22.7 Å². The predicted molar refractivity (Wildman–Crippen MR) is 103 cm³/mol. The summed E-state index contributed by atoms with van der Waals surface area (Å²) in [6.45, 7) is 1.71. The topological polar surface area (TPSA) is 103 Å². The molecule has 0 spiro atoms. The van der Waals surface area contributed by atoms with Crippen molar-refractivity contribution in [3.05, 3.63) is 39.9 Å². The van der Waals surface area contributed by atoms with Crippen molar-refractivity contribution in [3.63, 3.8) is 0 Å². The van der Waals surface area contributed by atoms with E-state index in [-0.39, 0.29) is 24.6 Å². The Morgan fingerprint density at radius 1 is 1.33 bits per heavy atom. The van der Waals surface area contributed by atoms with Crippen molar-refractivity contribution in [1.82, 2.24) is 19.3 Å². The van der Waals surface area contributed by atoms with Gasteiger partial charge >= 0.3 is 5.97 Å². The average molecular weight is 427 g/mol. The SMILES string of the molecule is Cc1nc(S(=O)(=O)NCCC(=O)OCc2csc(-c3ccsc3)n2)cn1C. The van der Waals surface area contributed by atoms with Gasteiger partial charge in [0.2, 0.25) is 0 Å². The highest BCUT2D eigenvalue weighted by molar-refractivity contribution is 7.89. The van der Waals surface area contributed by atoms with Crippen LogP contribution in [0.1, 0.15) is 17.9 Å². The number of hydrogen-bond acceptors (Lipinski definition) is 8. The van der Waals surface area contributed by atoms with E-state index in [4.69, 9.17) is 4.74 Å². The Morgan fingerprint density at radius 2 is 2.15 bits per heavy atom. The Balaban J connectivity index is 1.45. The number of imidazole rings is 1. The van der Waals surface area contributed by atoms with Crippen molar-refractivity contribution in [3.8, 4) is 10.6 Å². The van der Waals surface area contributed by atoms with Gasteiger partial charge < -0.3 is 9.30 Å². The number of hydrogen-bond donors (Lipinski definition) is 1. The maximum atomic E-state index is 12.1. The summed E-state index contributed by atoms with van der Waals surface area (Å²) in [6, 6.07) is 1.98. The van der Waals surface area contributed by atoms with Crippen LogP contribution in [0.15, 0.2) is 33.4 Å². The zero-order valence-corrected chi connectivity index (χ0v) is 17.2. The third-order valence-electron chi connectivity index (χ3n) is 3.68. The summed E-state index contributed by atoms with van der Waals surface area (Å²) >= 11 is 3.08. The average Bonchev–Trinajstić information content (AvgIpc) is 3.34. The van der Waals surface area contributed by atoms with Gasteiger partial charge in [-0.25, -0.2) is 23.1 Å². The standard InChI is InChI=1S/C16H18N4O4S3/c1-11-18-14(7-20(11)2)27(22,23)17-5-3-15(21)24-8-13-10-26-16(19-13)12-4-6-25-9-12/h4,6-7,9-10,17H,3,5,8H2,1-2H3. The molecule has 0 fully saturated rings. The Labute approximate surface area is 164 Å². The zero-order chi connectivity index (χ0) is 19.4. The van der Waals surface area contributed by atoms with Gasteiger partial charge in [-0.3, -0.25) is 4.79 Å². The van der Waals surface area contributed by atoms with Gasteiger partial charge in [0.25, 0.3) is 10.0 Å². The van der Waals surface area contributed by atoms with Crippen LogP contribution in [0.2, 0.25) is 0 Å². The van der Waals surface area contributed by atoms with Gasteiger partial charge in [0.1, 0.15) is 17.4 Å². The van der Waals surface area contributed by atoms with E-state index >= 15 is 0 Å². The number of esters is 1. The molecule has 0 atom stereocenters. The van der Waals surface area contributed by atoms with Gasteiger partial charge in [0.05, 0.1) is 12.1 Å². The molecule has 0 bridgehead atoms. The number of rotatable bonds is 8. The first-order valence-electron chi connectivity index (χ1n) is 7.97. The lowest BCUT2D eigenvalue weighted by Gasteiger charge is -2.05. The van der Waals surface area contributed by atoms with Gasteiger partial charge in [0, 0.05) is 36.1 Å². The van der Waals surface area contributed by atoms with E-state index in [1.807, 2.05) is 22.2 Å². The first kappa shape index (κ1) is 19.7. The number of carbonyl (C=O) groups excluding carboxylic acids is 1. The zero-order valence-electron chi connectivity index (χ0n) is 14.7. The molecule has 0 aliphatic heterocycles. The van der Waals surface area contributed by atoms with Crippen LogP contribution in [0.4, 0.5) is 0 Å². The summed E-state index contributed by atoms with van der Waals surface area (Å²) in [4.78, 5) is 20.2. The summed E-state index contributed by atoms with van der Waals surface area (Å²) in [7, 11) is -2.04. The molecule has 1 N–H and O–H groups in total. The molecule has 27 heavy (non-hydrogen) atoms. The van der Waals surface area contributed by atoms with E-state index in [1.54, 1.807) is 29.9 Å². The molecule has 3 aromatic rings. The Morgan fingerprint density at radius 3 is 2.81 bits per heavy atom. The molecule has 144 valence electrons. The quantitative estimate of drug-likeness (QED) is 0.555. The number of thiophene rings is 1. The minimum Gasteiger partial charge on any atom is -0.459 e. The van der Waals surface area contributed by atoms with E-state index in [0.717, 1.165) is 10.6 Å². The summed E-state index contributed by atoms with van der Waals surface area (Å²) in [5.74, 6) is 0.0832. The molecule has 3 rings (SSSR count). The van der Waals surface area contributed by atoms with Gasteiger partial charge in [-0.05, 0) is 18.4 Å². The number of carbonyl (C=O) groups is 1. The highest BCUT2D eigenvalue weighted by Crippen LogP contribution is 2.25. The molecule has 3 aromatic heterocycles. The van der Waals surface area contributed by atoms with Crippen molar-refractivity contribution >= 4 is 38.7 Å². The Bertz CT molecular complexity index is 1000. The number of aryl methyl sites for hydroxylation is 2. The normalized spacial score (nSPS) is 11.6. The summed E-state index contributed by atoms with van der Waals surface area (Å²) in [5.41, 5.74) is 1.71. The largest absolute Gasteiger partial charge is 0.459 e. The number of ether oxygens (including phenoxy) is 1. The molecular weight excluding hydrogens is 408 g/mol. The molecule has 8 nitrogen and oxygen atoms in total. The van der Waals surface area contributed by atoms with Crippen molar-refractivity contribution in [2.45, 2.75) is 25.0 Å². The van der Waals surface area contributed by atoms with Crippen molar-refractivity contribution in [2.75, 3.05) is 6.54 Å². The first-order valence-corrected chi connectivity index (χ1v) is 11.3. The lowest BCUT2D eigenvalue weighted by atomic mass is 10.4. The molecule has 0 aliphatic rings. The van der Waals surface area contributed by atoms with Gasteiger partial charge in [-0.15, -0.1) is 11.3 Å². The lowest BCUT2D eigenvalue weighted by Crippen LogP contribution is -2.27. The third kappa shape index (κ3) is 5.01. The van der Waals surface area contributed by atoms with Crippen LogP contribution in [0.3, 0.4) is 0 Å². The highest BCUT2D eigenvalue weighted by atomic mass is 32.2. The Kier molecular flexibility index (Phi) is 6.05. The molecule has 0 saturated heterocycles. The fourth-order valence-corrected chi connectivity index (χ4v) is 4.72. The molecule has 0 unspecified atom stereocenters. The summed E-state index contributed by atoms with van der Waals surface area (Å²) in [6.07, 6.45) is 1.34. The number of thiazole rings is 1. The molecule has 3 heterocycles. The van der Waals surface area contributed by atoms with Crippen LogP contribution < -0.4 is 4.72 Å². The molecule has 11 heteroatoms. The predicted octanol–water partition coefficient (Wildman–Crippen LogP) is 2.33. The van der Waals surface area contributed by atoms with Crippen molar-refractivity contribution in [1.29, 1.82) is 0 Å². The number of aromatic nitrogens is 3. The minimum absolute atomic E-state index is 0.0612. The van der Waals surface area contributed by atoms with Crippen LogP contribution in [-0.4, -0.2) is 35.5 Å². The van der Waals surface area contributed by atoms with E-state index < -0.39 is 16.0 Å². The number of nitrogens with one attached hydrogen (secondary N) is 1. The Hall–Kier alpha value is -2.08. The van der Waals surface area contributed by atoms with Crippen LogP contribution in [0.5, 0.6) is 0 Å². The van der Waals surface area contributed by atoms with Crippen molar-refractivity contribution in [2.24, 2.45) is 7.05 Å². The van der Waals surface area contributed by atoms with E-state index in [2.05, 4.69) is 14.7 Å². The van der Waals surface area contributed by atoms with E-state index in [1.165, 1.54) is 17.5 Å². The molecule has 0 radical (unpaired) electrons. The molecule has 0 aromatic carbocycles. The maximum Gasteiger partial charge on any atom is 0.307 e. The van der Waals surface area contributed by atoms with Crippen molar-refractivity contribution < 1.29 is 17.9 Å². The molecule has 0 saturated carbocycles. The minimum atomic E-state index is -3.75. The smallest absolute Gasteiger partial charge is 0.307 e. The second-order valence-corrected chi connectivity index (χ2v) is 9.05. The lowest BCUT2D eigenvalue weighted by molar-refractivity contribution is -0.144.